The van der Waals surface area contributed by atoms with E-state index in [1.54, 1.807) is 12.1 Å². The second-order valence-corrected chi connectivity index (χ2v) is 3.69. The maximum atomic E-state index is 10.5. The van der Waals surface area contributed by atoms with Crippen LogP contribution in [0.4, 0.5) is 0 Å². The molecular formula is C8H8ClO2S-. The first-order chi connectivity index (χ1) is 5.65. The highest BCUT2D eigenvalue weighted by Gasteiger charge is 1.99. The minimum atomic E-state index is -2.18. The summed E-state index contributed by atoms with van der Waals surface area (Å²) in [5, 5.41) is 0.513. The molecule has 1 rings (SSSR count). The summed E-state index contributed by atoms with van der Waals surface area (Å²) in [6.07, 6.45) is 0.810. The Balaban J connectivity index is 3.10. The van der Waals surface area contributed by atoms with Crippen LogP contribution >= 0.6 is 11.6 Å². The van der Waals surface area contributed by atoms with Crippen LogP contribution in [0.15, 0.2) is 23.1 Å². The van der Waals surface area contributed by atoms with Gasteiger partial charge in [0.2, 0.25) is 0 Å². The maximum absolute atomic E-state index is 10.5. The van der Waals surface area contributed by atoms with E-state index in [0.29, 0.717) is 5.02 Å². The van der Waals surface area contributed by atoms with Crippen LogP contribution in [0.2, 0.25) is 5.02 Å². The maximum Gasteiger partial charge on any atom is 0.0449 e. The fourth-order valence-electron chi connectivity index (χ4n) is 0.918. The molecule has 0 aliphatic heterocycles. The third-order valence-electron chi connectivity index (χ3n) is 1.60. The van der Waals surface area contributed by atoms with E-state index in [4.69, 9.17) is 11.6 Å². The van der Waals surface area contributed by atoms with Crippen LogP contribution in [-0.4, -0.2) is 8.76 Å². The molecule has 0 bridgehead atoms. The number of halogens is 1. The molecule has 12 heavy (non-hydrogen) atoms. The van der Waals surface area contributed by atoms with Crippen LogP contribution in [0.5, 0.6) is 0 Å². The molecule has 0 aliphatic carbocycles. The van der Waals surface area contributed by atoms with Gasteiger partial charge < -0.3 is 4.55 Å². The van der Waals surface area contributed by atoms with E-state index in [-0.39, 0.29) is 4.90 Å². The average molecular weight is 204 g/mol. The summed E-state index contributed by atoms with van der Waals surface area (Å²) < 4.78 is 21.0. The first-order valence-electron chi connectivity index (χ1n) is 3.53. The van der Waals surface area contributed by atoms with Crippen molar-refractivity contribution in [3.8, 4) is 0 Å². The Hall–Kier alpha value is -0.380. The van der Waals surface area contributed by atoms with Gasteiger partial charge in [-0.2, -0.15) is 0 Å². The predicted octanol–water partition coefficient (Wildman–Crippen LogP) is 2.14. The van der Waals surface area contributed by atoms with Gasteiger partial charge in [0, 0.05) is 9.92 Å². The van der Waals surface area contributed by atoms with E-state index in [1.165, 1.54) is 6.07 Å². The Bertz CT molecular complexity index is 312. The predicted molar refractivity (Wildman–Crippen MR) is 48.0 cm³/mol. The normalized spacial score (nSPS) is 12.9. The Morgan fingerprint density at radius 1 is 1.58 bits per heavy atom. The van der Waals surface area contributed by atoms with Crippen LogP contribution < -0.4 is 0 Å². The van der Waals surface area contributed by atoms with Crippen molar-refractivity contribution in [3.63, 3.8) is 0 Å². The molecule has 0 spiro atoms. The number of rotatable bonds is 2. The fourth-order valence-corrected chi connectivity index (χ4v) is 1.69. The minimum absolute atomic E-state index is 0.234. The third-order valence-corrected chi connectivity index (χ3v) is 2.59. The molecule has 0 radical (unpaired) electrons. The van der Waals surface area contributed by atoms with Gasteiger partial charge in [0.15, 0.2) is 0 Å². The molecule has 1 atom stereocenters. The van der Waals surface area contributed by atoms with Gasteiger partial charge in [-0.15, -0.1) is 0 Å². The van der Waals surface area contributed by atoms with E-state index in [9.17, 15) is 8.76 Å². The topological polar surface area (TPSA) is 40.1 Å². The fraction of sp³-hybridized carbons (Fsp3) is 0.250. The standard InChI is InChI=1S/C8H9ClO2S/c1-2-6-3-4-7(12(10)11)5-8(6)9/h3-5H,2H2,1H3,(H,10,11)/p-1. The molecular weight excluding hydrogens is 196 g/mol. The van der Waals surface area contributed by atoms with Crippen molar-refractivity contribution in [2.45, 2.75) is 18.2 Å². The first kappa shape index (κ1) is 9.71. The summed E-state index contributed by atoms with van der Waals surface area (Å²) in [4.78, 5) is 0.234. The van der Waals surface area contributed by atoms with Gasteiger partial charge in [0.1, 0.15) is 0 Å². The lowest BCUT2D eigenvalue weighted by Gasteiger charge is -2.07. The van der Waals surface area contributed by atoms with Gasteiger partial charge in [-0.1, -0.05) is 24.6 Å². The molecule has 4 heteroatoms. The lowest BCUT2D eigenvalue weighted by atomic mass is 10.2. The number of benzene rings is 1. The van der Waals surface area contributed by atoms with E-state index in [2.05, 4.69) is 0 Å². The van der Waals surface area contributed by atoms with Crippen LogP contribution in [-0.2, 0) is 17.5 Å². The molecule has 1 unspecified atom stereocenters. The second kappa shape index (κ2) is 4.03. The molecule has 0 aliphatic rings. The SMILES string of the molecule is CCc1ccc(S(=O)[O-])cc1Cl. The van der Waals surface area contributed by atoms with Crippen molar-refractivity contribution < 1.29 is 8.76 Å². The van der Waals surface area contributed by atoms with Crippen LogP contribution in [0, 0.1) is 0 Å². The molecule has 1 aromatic carbocycles. The molecule has 2 nitrogen and oxygen atoms in total. The zero-order valence-electron chi connectivity index (χ0n) is 6.54. The molecule has 0 heterocycles. The summed E-state index contributed by atoms with van der Waals surface area (Å²) in [6, 6.07) is 4.74. The van der Waals surface area contributed by atoms with Crippen LogP contribution in [0.3, 0.4) is 0 Å². The summed E-state index contributed by atoms with van der Waals surface area (Å²) in [5.41, 5.74) is 0.964. The summed E-state index contributed by atoms with van der Waals surface area (Å²) >= 11 is 3.62. The number of hydrogen-bond donors (Lipinski definition) is 0. The lowest BCUT2D eigenvalue weighted by Crippen LogP contribution is -1.90. The van der Waals surface area contributed by atoms with Gasteiger partial charge in [0.25, 0.3) is 0 Å². The number of aryl methyl sites for hydroxylation is 1. The molecule has 0 amide bonds. The first-order valence-corrected chi connectivity index (χ1v) is 4.98. The molecule has 1 aromatic rings. The Morgan fingerprint density at radius 2 is 2.25 bits per heavy atom. The summed E-state index contributed by atoms with van der Waals surface area (Å²) in [6.45, 7) is 1.97. The van der Waals surface area contributed by atoms with Crippen LogP contribution in [0.25, 0.3) is 0 Å². The monoisotopic (exact) mass is 203 g/mol. The summed E-state index contributed by atoms with van der Waals surface area (Å²) in [5.74, 6) is 0. The Kier molecular flexibility index (Phi) is 3.26. The Morgan fingerprint density at radius 3 is 2.67 bits per heavy atom. The molecule has 0 saturated carbocycles. The third kappa shape index (κ3) is 2.06. The molecule has 0 N–H and O–H groups in total. The highest BCUT2D eigenvalue weighted by Crippen LogP contribution is 2.19. The smallest absolute Gasteiger partial charge is 0.0449 e. The largest absolute Gasteiger partial charge is 0.768 e. The minimum Gasteiger partial charge on any atom is -0.768 e. The van der Waals surface area contributed by atoms with Gasteiger partial charge >= 0.3 is 0 Å². The second-order valence-electron chi connectivity index (χ2n) is 2.34. The molecule has 0 saturated heterocycles. The molecule has 66 valence electrons. The van der Waals surface area contributed by atoms with Gasteiger partial charge in [-0.25, -0.2) is 0 Å². The van der Waals surface area contributed by atoms with E-state index in [0.717, 1.165) is 12.0 Å². The highest BCUT2D eigenvalue weighted by atomic mass is 35.5. The van der Waals surface area contributed by atoms with Gasteiger partial charge in [0.05, 0.1) is 0 Å². The van der Waals surface area contributed by atoms with Crippen molar-refractivity contribution in [3.05, 3.63) is 28.8 Å². The summed E-state index contributed by atoms with van der Waals surface area (Å²) in [7, 11) is 0. The number of hydrogen-bond acceptors (Lipinski definition) is 2. The molecule has 0 fully saturated rings. The van der Waals surface area contributed by atoms with Crippen molar-refractivity contribution in [2.75, 3.05) is 0 Å². The average Bonchev–Trinajstić information content (AvgIpc) is 2.04. The van der Waals surface area contributed by atoms with E-state index in [1.807, 2.05) is 6.92 Å². The zero-order chi connectivity index (χ0) is 9.14. The van der Waals surface area contributed by atoms with E-state index >= 15 is 0 Å². The van der Waals surface area contributed by atoms with Crippen molar-refractivity contribution in [1.82, 2.24) is 0 Å². The van der Waals surface area contributed by atoms with Crippen molar-refractivity contribution in [1.29, 1.82) is 0 Å². The lowest BCUT2D eigenvalue weighted by molar-refractivity contribution is 0.537. The van der Waals surface area contributed by atoms with Crippen molar-refractivity contribution >= 4 is 22.7 Å². The van der Waals surface area contributed by atoms with Crippen LogP contribution in [0.1, 0.15) is 12.5 Å². The quantitative estimate of drug-likeness (QED) is 0.691. The Labute approximate surface area is 78.8 Å². The van der Waals surface area contributed by atoms with Gasteiger partial charge in [-0.3, -0.25) is 4.21 Å². The van der Waals surface area contributed by atoms with E-state index < -0.39 is 11.1 Å². The van der Waals surface area contributed by atoms with Gasteiger partial charge in [-0.05, 0) is 35.2 Å². The molecule has 0 aromatic heterocycles. The highest BCUT2D eigenvalue weighted by molar-refractivity contribution is 7.79. The van der Waals surface area contributed by atoms with Crippen molar-refractivity contribution in [2.24, 2.45) is 0 Å². The zero-order valence-corrected chi connectivity index (χ0v) is 8.11.